The van der Waals surface area contributed by atoms with Crippen molar-refractivity contribution in [1.82, 2.24) is 15.0 Å². The third-order valence-electron chi connectivity index (χ3n) is 2.78. The molecule has 0 spiro atoms. The summed E-state index contributed by atoms with van der Waals surface area (Å²) in [5.41, 5.74) is 2.45. The summed E-state index contributed by atoms with van der Waals surface area (Å²) in [4.78, 5) is 0. The van der Waals surface area contributed by atoms with Gasteiger partial charge < -0.3 is 0 Å². The van der Waals surface area contributed by atoms with E-state index in [0.29, 0.717) is 0 Å². The number of hydrogen-bond donors (Lipinski definition) is 0. The molecule has 0 aliphatic rings. The van der Waals surface area contributed by atoms with Crippen LogP contribution in [0.25, 0.3) is 0 Å². The van der Waals surface area contributed by atoms with Crippen LogP contribution in [0.4, 0.5) is 0 Å². The molecular weight excluding hydrogens is 210 g/mol. The molecular formula is C14H19N3. The maximum Gasteiger partial charge on any atom is 0.0880 e. The van der Waals surface area contributed by atoms with Crippen molar-refractivity contribution in [2.45, 2.75) is 39.2 Å². The molecule has 0 saturated heterocycles. The van der Waals surface area contributed by atoms with Crippen LogP contribution in [-0.2, 0) is 18.4 Å². The van der Waals surface area contributed by atoms with Crippen molar-refractivity contribution in [3.63, 3.8) is 0 Å². The normalized spacial score (nSPS) is 11.7. The third-order valence-corrected chi connectivity index (χ3v) is 2.78. The van der Waals surface area contributed by atoms with E-state index < -0.39 is 0 Å². The number of nitrogens with zero attached hydrogens (tertiary/aromatic N) is 3. The van der Waals surface area contributed by atoms with Gasteiger partial charge in [0.05, 0.1) is 5.69 Å². The van der Waals surface area contributed by atoms with E-state index >= 15 is 0 Å². The molecule has 0 fully saturated rings. The Kier molecular flexibility index (Phi) is 3.27. The highest BCUT2D eigenvalue weighted by Crippen LogP contribution is 2.18. The van der Waals surface area contributed by atoms with Crippen LogP contribution in [0.5, 0.6) is 0 Å². The Balaban J connectivity index is 1.99. The fraction of sp³-hybridized carbons (Fsp3) is 0.429. The quantitative estimate of drug-likeness (QED) is 0.810. The number of benzene rings is 1. The molecule has 0 aliphatic carbocycles. The van der Waals surface area contributed by atoms with Gasteiger partial charge in [-0.15, -0.1) is 5.10 Å². The van der Waals surface area contributed by atoms with Crippen LogP contribution in [0.3, 0.4) is 0 Å². The molecule has 0 bridgehead atoms. The zero-order valence-electron chi connectivity index (χ0n) is 10.7. The number of aryl methyl sites for hydroxylation is 2. The van der Waals surface area contributed by atoms with E-state index in [-0.39, 0.29) is 5.41 Å². The van der Waals surface area contributed by atoms with Gasteiger partial charge >= 0.3 is 0 Å². The van der Waals surface area contributed by atoms with Crippen LogP contribution in [0.1, 0.15) is 32.0 Å². The Labute approximate surface area is 102 Å². The molecule has 3 heteroatoms. The van der Waals surface area contributed by atoms with Gasteiger partial charge in [0, 0.05) is 18.2 Å². The standard InChI is InChI=1S/C14H19N3/c1-14(2,3)13-11-17(16-15-13)10-9-12-7-5-4-6-8-12/h4-8,11H,9-10H2,1-3H3. The minimum Gasteiger partial charge on any atom is -0.252 e. The van der Waals surface area contributed by atoms with Gasteiger partial charge in [-0.25, -0.2) is 0 Å². The van der Waals surface area contributed by atoms with Crippen molar-refractivity contribution in [3.05, 3.63) is 47.8 Å². The molecule has 0 radical (unpaired) electrons. The fourth-order valence-electron chi connectivity index (χ4n) is 1.64. The highest BCUT2D eigenvalue weighted by molar-refractivity contribution is 5.14. The van der Waals surface area contributed by atoms with Crippen molar-refractivity contribution in [3.8, 4) is 0 Å². The van der Waals surface area contributed by atoms with Crippen LogP contribution in [-0.4, -0.2) is 15.0 Å². The van der Waals surface area contributed by atoms with Gasteiger partial charge in [0.25, 0.3) is 0 Å². The average Bonchev–Trinajstić information content (AvgIpc) is 2.76. The van der Waals surface area contributed by atoms with Gasteiger partial charge in [-0.2, -0.15) is 0 Å². The summed E-state index contributed by atoms with van der Waals surface area (Å²) >= 11 is 0. The molecule has 0 aliphatic heterocycles. The van der Waals surface area contributed by atoms with Crippen LogP contribution >= 0.6 is 0 Å². The second-order valence-corrected chi connectivity index (χ2v) is 5.35. The summed E-state index contributed by atoms with van der Waals surface area (Å²) < 4.78 is 1.92. The number of aromatic nitrogens is 3. The van der Waals surface area contributed by atoms with E-state index in [2.05, 4.69) is 55.3 Å². The molecule has 1 aromatic heterocycles. The average molecular weight is 229 g/mol. The van der Waals surface area contributed by atoms with E-state index in [9.17, 15) is 0 Å². The SMILES string of the molecule is CC(C)(C)c1cn(CCc2ccccc2)nn1. The largest absolute Gasteiger partial charge is 0.252 e. The summed E-state index contributed by atoms with van der Waals surface area (Å²) in [6.07, 6.45) is 3.04. The first-order valence-corrected chi connectivity index (χ1v) is 6.00. The Morgan fingerprint density at radius 1 is 1.12 bits per heavy atom. The van der Waals surface area contributed by atoms with Crippen LogP contribution < -0.4 is 0 Å². The van der Waals surface area contributed by atoms with Crippen molar-refractivity contribution < 1.29 is 0 Å². The number of hydrogen-bond acceptors (Lipinski definition) is 2. The summed E-state index contributed by atoms with van der Waals surface area (Å²) in [5.74, 6) is 0. The summed E-state index contributed by atoms with van der Waals surface area (Å²) in [6, 6.07) is 10.5. The van der Waals surface area contributed by atoms with Gasteiger partial charge in [0.2, 0.25) is 0 Å². The Morgan fingerprint density at radius 2 is 1.82 bits per heavy atom. The van der Waals surface area contributed by atoms with Crippen LogP contribution in [0.2, 0.25) is 0 Å². The van der Waals surface area contributed by atoms with Gasteiger partial charge in [-0.1, -0.05) is 56.3 Å². The monoisotopic (exact) mass is 229 g/mol. The molecule has 1 aromatic carbocycles. The van der Waals surface area contributed by atoms with Crippen molar-refractivity contribution >= 4 is 0 Å². The molecule has 1 heterocycles. The van der Waals surface area contributed by atoms with Crippen molar-refractivity contribution in [2.24, 2.45) is 0 Å². The van der Waals surface area contributed by atoms with E-state index in [1.807, 2.05) is 16.9 Å². The maximum atomic E-state index is 4.21. The first-order valence-electron chi connectivity index (χ1n) is 6.00. The highest BCUT2D eigenvalue weighted by Gasteiger charge is 2.17. The zero-order chi connectivity index (χ0) is 12.3. The molecule has 90 valence electrons. The molecule has 0 atom stereocenters. The second-order valence-electron chi connectivity index (χ2n) is 5.35. The first kappa shape index (κ1) is 11.8. The maximum absolute atomic E-state index is 4.21. The predicted octanol–water partition coefficient (Wildman–Crippen LogP) is 2.82. The Morgan fingerprint density at radius 3 is 2.41 bits per heavy atom. The lowest BCUT2D eigenvalue weighted by Crippen LogP contribution is -2.11. The lowest BCUT2D eigenvalue weighted by atomic mass is 9.93. The predicted molar refractivity (Wildman–Crippen MR) is 68.9 cm³/mol. The lowest BCUT2D eigenvalue weighted by Gasteiger charge is -2.12. The first-order chi connectivity index (χ1) is 8.05. The van der Waals surface area contributed by atoms with E-state index in [4.69, 9.17) is 0 Å². The van der Waals surface area contributed by atoms with E-state index in [0.717, 1.165) is 18.7 Å². The smallest absolute Gasteiger partial charge is 0.0880 e. The lowest BCUT2D eigenvalue weighted by molar-refractivity contribution is 0.565. The van der Waals surface area contributed by atoms with E-state index in [1.165, 1.54) is 5.56 Å². The summed E-state index contributed by atoms with van der Waals surface area (Å²) in [6.45, 7) is 7.34. The van der Waals surface area contributed by atoms with Crippen molar-refractivity contribution in [1.29, 1.82) is 0 Å². The molecule has 3 nitrogen and oxygen atoms in total. The van der Waals surface area contributed by atoms with E-state index in [1.54, 1.807) is 0 Å². The fourth-order valence-corrected chi connectivity index (χ4v) is 1.64. The van der Waals surface area contributed by atoms with Crippen LogP contribution in [0.15, 0.2) is 36.5 Å². The minimum absolute atomic E-state index is 0.0744. The van der Waals surface area contributed by atoms with Gasteiger partial charge in [0.15, 0.2) is 0 Å². The zero-order valence-corrected chi connectivity index (χ0v) is 10.7. The van der Waals surface area contributed by atoms with Crippen LogP contribution in [0, 0.1) is 0 Å². The molecule has 0 amide bonds. The summed E-state index contributed by atoms with van der Waals surface area (Å²) in [5, 5.41) is 8.38. The topological polar surface area (TPSA) is 30.7 Å². The molecule has 17 heavy (non-hydrogen) atoms. The molecule has 2 rings (SSSR count). The highest BCUT2D eigenvalue weighted by atomic mass is 15.4. The third kappa shape index (κ3) is 3.16. The molecule has 0 unspecified atom stereocenters. The molecule has 2 aromatic rings. The number of rotatable bonds is 3. The van der Waals surface area contributed by atoms with Gasteiger partial charge in [0.1, 0.15) is 0 Å². The van der Waals surface area contributed by atoms with Crippen molar-refractivity contribution in [2.75, 3.05) is 0 Å². The Hall–Kier alpha value is -1.64. The van der Waals surface area contributed by atoms with Gasteiger partial charge in [-0.05, 0) is 12.0 Å². The Bertz CT molecular complexity index is 466. The second kappa shape index (κ2) is 4.70. The summed E-state index contributed by atoms with van der Waals surface area (Å²) in [7, 11) is 0. The molecule has 0 saturated carbocycles. The minimum atomic E-state index is 0.0744. The van der Waals surface area contributed by atoms with Gasteiger partial charge in [-0.3, -0.25) is 4.68 Å². The molecule has 0 N–H and O–H groups in total.